The minimum Gasteiger partial charge on any atom is -0.452 e. The molecule has 25 heavy (non-hydrogen) atoms. The minimum absolute atomic E-state index is 0.0521. The molecule has 3 aromatic rings. The van der Waals surface area contributed by atoms with E-state index >= 15 is 0 Å². The van der Waals surface area contributed by atoms with Gasteiger partial charge >= 0.3 is 0 Å². The Morgan fingerprint density at radius 3 is 2.64 bits per heavy atom. The van der Waals surface area contributed by atoms with Crippen LogP contribution in [0.5, 0.6) is 0 Å². The molecule has 0 aliphatic carbocycles. The number of halogens is 1. The molecule has 5 nitrogen and oxygen atoms in total. The van der Waals surface area contributed by atoms with E-state index in [0.717, 1.165) is 23.4 Å². The second kappa shape index (κ2) is 7.70. The van der Waals surface area contributed by atoms with Crippen LogP contribution in [0.4, 0.5) is 0 Å². The van der Waals surface area contributed by atoms with E-state index in [1.807, 2.05) is 41.9 Å². The van der Waals surface area contributed by atoms with Crippen LogP contribution in [0.3, 0.4) is 0 Å². The molecule has 0 unspecified atom stereocenters. The Balaban J connectivity index is 1.78. The Morgan fingerprint density at radius 1 is 1.24 bits per heavy atom. The molecular weight excluding hydrogens is 382 g/mol. The maximum atomic E-state index is 12.8. The quantitative estimate of drug-likeness (QED) is 0.623. The molecule has 1 amide bonds. The van der Waals surface area contributed by atoms with Crippen molar-refractivity contribution in [3.63, 3.8) is 0 Å². The summed E-state index contributed by atoms with van der Waals surface area (Å²) in [6.45, 7) is 3.11. The van der Waals surface area contributed by atoms with Crippen LogP contribution in [0.25, 0.3) is 0 Å². The maximum absolute atomic E-state index is 12.8. The lowest BCUT2D eigenvalue weighted by Gasteiger charge is -2.16. The van der Waals surface area contributed by atoms with E-state index in [9.17, 15) is 4.79 Å². The van der Waals surface area contributed by atoms with Gasteiger partial charge in [0, 0.05) is 7.05 Å². The van der Waals surface area contributed by atoms with Gasteiger partial charge in [-0.05, 0) is 40.0 Å². The van der Waals surface area contributed by atoms with Crippen LogP contribution in [0.15, 0.2) is 57.7 Å². The number of rotatable bonds is 6. The van der Waals surface area contributed by atoms with Gasteiger partial charge in [0.1, 0.15) is 5.76 Å². The normalized spacial score (nSPS) is 10.8. The van der Waals surface area contributed by atoms with E-state index in [1.54, 1.807) is 18.1 Å². The number of nitrogens with zero attached hydrogens (tertiary/aromatic N) is 3. The van der Waals surface area contributed by atoms with Crippen molar-refractivity contribution in [1.82, 2.24) is 14.7 Å². The van der Waals surface area contributed by atoms with Gasteiger partial charge in [-0.15, -0.1) is 0 Å². The molecule has 6 heteroatoms. The second-order valence-corrected chi connectivity index (χ2v) is 6.65. The highest BCUT2D eigenvalue weighted by Gasteiger charge is 2.20. The number of hydrogen-bond acceptors (Lipinski definition) is 3. The molecule has 0 N–H and O–H groups in total. The molecule has 0 spiro atoms. The minimum atomic E-state index is -0.0521. The van der Waals surface area contributed by atoms with Gasteiger partial charge in [-0.25, -0.2) is 0 Å². The number of hydrogen-bond donors (Lipinski definition) is 0. The van der Waals surface area contributed by atoms with Crippen molar-refractivity contribution >= 4 is 21.8 Å². The Labute approximate surface area is 155 Å². The van der Waals surface area contributed by atoms with Crippen LogP contribution >= 0.6 is 15.9 Å². The van der Waals surface area contributed by atoms with Crippen molar-refractivity contribution < 1.29 is 9.21 Å². The van der Waals surface area contributed by atoms with E-state index in [1.165, 1.54) is 0 Å². The van der Waals surface area contributed by atoms with Crippen LogP contribution in [-0.2, 0) is 19.5 Å². The smallest absolute Gasteiger partial charge is 0.257 e. The Hall–Kier alpha value is -2.34. The monoisotopic (exact) mass is 401 g/mol. The zero-order valence-corrected chi connectivity index (χ0v) is 15.9. The van der Waals surface area contributed by atoms with Crippen molar-refractivity contribution in [2.75, 3.05) is 7.05 Å². The zero-order chi connectivity index (χ0) is 17.8. The number of carbonyl (C=O) groups excluding carboxylic acids is 1. The van der Waals surface area contributed by atoms with Gasteiger partial charge in [0.2, 0.25) is 0 Å². The first kappa shape index (κ1) is 17.5. The molecular formula is C19H20BrN3O2. The number of benzene rings is 1. The maximum Gasteiger partial charge on any atom is 0.257 e. The molecule has 0 aliphatic heterocycles. The average molecular weight is 402 g/mol. The fourth-order valence-electron chi connectivity index (χ4n) is 2.80. The summed E-state index contributed by atoms with van der Waals surface area (Å²) in [7, 11) is 1.77. The van der Waals surface area contributed by atoms with Crippen molar-refractivity contribution in [3.05, 3.63) is 75.9 Å². The van der Waals surface area contributed by atoms with Gasteiger partial charge in [-0.1, -0.05) is 37.3 Å². The summed E-state index contributed by atoms with van der Waals surface area (Å²) >= 11 is 3.28. The van der Waals surface area contributed by atoms with Gasteiger partial charge in [0.25, 0.3) is 5.91 Å². The number of aromatic nitrogens is 2. The van der Waals surface area contributed by atoms with Crippen molar-refractivity contribution in [2.45, 2.75) is 26.4 Å². The summed E-state index contributed by atoms with van der Waals surface area (Å²) in [5.74, 6) is 0.682. The third kappa shape index (κ3) is 4.02. The molecule has 0 bridgehead atoms. The second-order valence-electron chi connectivity index (χ2n) is 5.87. The number of amides is 1. The molecule has 0 aliphatic rings. The van der Waals surface area contributed by atoms with E-state index in [2.05, 4.69) is 33.2 Å². The highest BCUT2D eigenvalue weighted by Crippen LogP contribution is 2.18. The van der Waals surface area contributed by atoms with Crippen molar-refractivity contribution in [2.24, 2.45) is 0 Å². The summed E-state index contributed by atoms with van der Waals surface area (Å²) in [5, 5.41) is 4.44. The van der Waals surface area contributed by atoms with Gasteiger partial charge in [0.15, 0.2) is 4.67 Å². The number of carbonyl (C=O) groups is 1. The van der Waals surface area contributed by atoms with E-state index < -0.39 is 0 Å². The molecule has 1 aromatic carbocycles. The molecule has 2 heterocycles. The zero-order valence-electron chi connectivity index (χ0n) is 14.3. The lowest BCUT2D eigenvalue weighted by molar-refractivity contribution is 0.0773. The SMILES string of the molecule is CCc1c(C(=O)N(C)Cc2ccc(Br)o2)cnn1Cc1ccccc1. The molecule has 0 atom stereocenters. The van der Waals surface area contributed by atoms with Crippen LogP contribution in [0.1, 0.15) is 34.3 Å². The van der Waals surface area contributed by atoms with Crippen LogP contribution < -0.4 is 0 Å². The summed E-state index contributed by atoms with van der Waals surface area (Å²) in [6.07, 6.45) is 2.41. The summed E-state index contributed by atoms with van der Waals surface area (Å²) in [5.41, 5.74) is 2.75. The summed E-state index contributed by atoms with van der Waals surface area (Å²) in [6, 6.07) is 13.8. The predicted octanol–water partition coefficient (Wildman–Crippen LogP) is 4.12. The highest BCUT2D eigenvalue weighted by atomic mass is 79.9. The third-order valence-electron chi connectivity index (χ3n) is 4.06. The average Bonchev–Trinajstić information content (AvgIpc) is 3.21. The fraction of sp³-hybridized carbons (Fsp3) is 0.263. The predicted molar refractivity (Wildman–Crippen MR) is 99.4 cm³/mol. The highest BCUT2D eigenvalue weighted by molar-refractivity contribution is 9.10. The molecule has 130 valence electrons. The van der Waals surface area contributed by atoms with E-state index in [0.29, 0.717) is 23.3 Å². The summed E-state index contributed by atoms with van der Waals surface area (Å²) < 4.78 is 8.05. The largest absolute Gasteiger partial charge is 0.452 e. The standard InChI is InChI=1S/C19H20BrN3O2/c1-3-17-16(11-21-23(17)12-14-7-5-4-6-8-14)19(24)22(2)13-15-9-10-18(20)25-15/h4-11H,3,12-13H2,1-2H3. The van der Waals surface area contributed by atoms with Crippen molar-refractivity contribution in [3.8, 4) is 0 Å². The molecule has 0 fully saturated rings. The fourth-order valence-corrected chi connectivity index (χ4v) is 3.14. The van der Waals surface area contributed by atoms with Crippen LogP contribution in [0.2, 0.25) is 0 Å². The molecule has 0 saturated carbocycles. The van der Waals surface area contributed by atoms with Crippen LogP contribution in [0, 0.1) is 0 Å². The molecule has 0 radical (unpaired) electrons. The number of furan rings is 1. The van der Waals surface area contributed by atoms with Gasteiger partial charge in [-0.2, -0.15) is 5.10 Å². The van der Waals surface area contributed by atoms with Gasteiger partial charge in [-0.3, -0.25) is 9.48 Å². The lowest BCUT2D eigenvalue weighted by atomic mass is 10.1. The van der Waals surface area contributed by atoms with Gasteiger partial charge < -0.3 is 9.32 Å². The van der Waals surface area contributed by atoms with Crippen molar-refractivity contribution in [1.29, 1.82) is 0 Å². The topological polar surface area (TPSA) is 51.3 Å². The Bertz CT molecular complexity index is 855. The molecule has 3 rings (SSSR count). The molecule has 2 aromatic heterocycles. The summed E-state index contributed by atoms with van der Waals surface area (Å²) in [4.78, 5) is 14.5. The first-order valence-corrected chi connectivity index (χ1v) is 8.96. The lowest BCUT2D eigenvalue weighted by Crippen LogP contribution is -2.26. The third-order valence-corrected chi connectivity index (χ3v) is 4.48. The Kier molecular flexibility index (Phi) is 5.38. The Morgan fingerprint density at radius 2 is 2.00 bits per heavy atom. The first-order valence-electron chi connectivity index (χ1n) is 8.16. The van der Waals surface area contributed by atoms with E-state index in [4.69, 9.17) is 4.42 Å². The van der Waals surface area contributed by atoms with Crippen LogP contribution in [-0.4, -0.2) is 27.6 Å². The van der Waals surface area contributed by atoms with Gasteiger partial charge in [0.05, 0.1) is 30.5 Å². The molecule has 0 saturated heterocycles. The van der Waals surface area contributed by atoms with E-state index in [-0.39, 0.29) is 5.91 Å². The first-order chi connectivity index (χ1) is 12.1.